The molecule has 0 radical (unpaired) electrons. The first kappa shape index (κ1) is 13.3. The van der Waals surface area contributed by atoms with Gasteiger partial charge in [-0.25, -0.2) is 9.97 Å². The van der Waals surface area contributed by atoms with E-state index in [4.69, 9.17) is 9.47 Å². The molecular weight excluding hydrogens is 242 g/mol. The number of hydrogen-bond acceptors (Lipinski definition) is 5. The number of hydrogen-bond donors (Lipinski definition) is 1. The summed E-state index contributed by atoms with van der Waals surface area (Å²) in [5, 5.41) is 3.10. The molecule has 0 fully saturated rings. The molecule has 5 heteroatoms. The monoisotopic (exact) mass is 259 g/mol. The maximum absolute atomic E-state index is 5.65. The molecule has 1 aromatic carbocycles. The van der Waals surface area contributed by atoms with Crippen LogP contribution in [-0.4, -0.2) is 23.6 Å². The van der Waals surface area contributed by atoms with E-state index < -0.39 is 0 Å². The zero-order chi connectivity index (χ0) is 13.5. The summed E-state index contributed by atoms with van der Waals surface area (Å²) in [5.74, 6) is 1.72. The number of nitrogens with zero attached hydrogens (tertiary/aromatic N) is 2. The first-order valence-corrected chi connectivity index (χ1v) is 6.18. The van der Waals surface area contributed by atoms with Gasteiger partial charge in [0.2, 0.25) is 11.8 Å². The fourth-order valence-corrected chi connectivity index (χ4v) is 1.61. The van der Waals surface area contributed by atoms with Crippen LogP contribution in [0.1, 0.15) is 12.5 Å². The molecule has 2 rings (SSSR count). The van der Waals surface area contributed by atoms with Crippen molar-refractivity contribution in [2.45, 2.75) is 13.5 Å². The molecule has 0 spiro atoms. The summed E-state index contributed by atoms with van der Waals surface area (Å²) in [6.45, 7) is 3.31. The molecule has 1 aromatic heterocycles. The quantitative estimate of drug-likeness (QED) is 0.863. The van der Waals surface area contributed by atoms with Gasteiger partial charge in [-0.1, -0.05) is 12.1 Å². The van der Waals surface area contributed by atoms with Gasteiger partial charge in [-0.3, -0.25) is 0 Å². The summed E-state index contributed by atoms with van der Waals surface area (Å²) in [6, 6.07) is 9.52. The molecule has 1 heterocycles. The number of nitrogens with one attached hydrogen (secondary N) is 1. The maximum atomic E-state index is 5.65. The van der Waals surface area contributed by atoms with Gasteiger partial charge in [0.15, 0.2) is 0 Å². The number of ether oxygens (including phenoxy) is 2. The smallest absolute Gasteiger partial charge is 0.226 e. The molecular formula is C14H17N3O2. The molecule has 19 heavy (non-hydrogen) atoms. The lowest BCUT2D eigenvalue weighted by atomic mass is 10.2. The van der Waals surface area contributed by atoms with Gasteiger partial charge < -0.3 is 14.8 Å². The fraction of sp³-hybridized carbons (Fsp3) is 0.286. The molecule has 0 saturated heterocycles. The van der Waals surface area contributed by atoms with Crippen LogP contribution < -0.4 is 14.8 Å². The third kappa shape index (κ3) is 3.93. The van der Waals surface area contributed by atoms with Crippen molar-refractivity contribution in [2.24, 2.45) is 0 Å². The molecule has 0 amide bonds. The van der Waals surface area contributed by atoms with E-state index in [1.54, 1.807) is 6.07 Å². The van der Waals surface area contributed by atoms with E-state index in [-0.39, 0.29) is 0 Å². The van der Waals surface area contributed by atoms with Gasteiger partial charge in [0, 0.05) is 6.54 Å². The maximum Gasteiger partial charge on any atom is 0.226 e. The van der Waals surface area contributed by atoms with E-state index in [0.717, 1.165) is 12.3 Å². The average molecular weight is 259 g/mol. The Morgan fingerprint density at radius 2 is 1.84 bits per heavy atom. The van der Waals surface area contributed by atoms with E-state index in [9.17, 15) is 0 Å². The zero-order valence-electron chi connectivity index (χ0n) is 11.1. The van der Waals surface area contributed by atoms with Crippen LogP contribution in [0.2, 0.25) is 0 Å². The molecule has 2 aromatic rings. The third-order valence-corrected chi connectivity index (χ3v) is 2.44. The largest absolute Gasteiger partial charge is 0.478 e. The number of rotatable bonds is 6. The van der Waals surface area contributed by atoms with Gasteiger partial charge in [0.05, 0.1) is 12.7 Å². The van der Waals surface area contributed by atoms with Gasteiger partial charge in [0.1, 0.15) is 12.1 Å². The van der Waals surface area contributed by atoms with E-state index in [0.29, 0.717) is 18.4 Å². The highest BCUT2D eigenvalue weighted by Crippen LogP contribution is 2.21. The van der Waals surface area contributed by atoms with Gasteiger partial charge in [-0.05, 0) is 31.7 Å². The van der Waals surface area contributed by atoms with Gasteiger partial charge >= 0.3 is 0 Å². The van der Waals surface area contributed by atoms with Crippen molar-refractivity contribution < 1.29 is 9.47 Å². The molecule has 0 atom stereocenters. The van der Waals surface area contributed by atoms with Crippen molar-refractivity contribution in [3.8, 4) is 17.5 Å². The summed E-state index contributed by atoms with van der Waals surface area (Å²) < 4.78 is 10.9. The summed E-state index contributed by atoms with van der Waals surface area (Å²) in [7, 11) is 1.92. The summed E-state index contributed by atoms with van der Waals surface area (Å²) in [6.07, 6.45) is 1.43. The first-order chi connectivity index (χ1) is 9.31. The van der Waals surface area contributed by atoms with E-state index in [1.807, 2.05) is 38.2 Å². The van der Waals surface area contributed by atoms with Crippen molar-refractivity contribution in [3.63, 3.8) is 0 Å². The van der Waals surface area contributed by atoms with Crippen LogP contribution in [0.4, 0.5) is 0 Å². The molecule has 0 aliphatic rings. The average Bonchev–Trinajstić information content (AvgIpc) is 2.42. The minimum atomic E-state index is 0.472. The Balaban J connectivity index is 2.05. The Labute approximate surface area is 112 Å². The Hall–Kier alpha value is -2.14. The third-order valence-electron chi connectivity index (χ3n) is 2.44. The second-order valence-corrected chi connectivity index (χ2v) is 3.90. The SMILES string of the molecule is CCOc1cc(Oc2ccc(CNC)cc2)ncn1. The Bertz CT molecular complexity index is 514. The standard InChI is InChI=1S/C14H17N3O2/c1-3-18-13-8-14(17-10-16-13)19-12-6-4-11(5-7-12)9-15-2/h4-8,10,15H,3,9H2,1-2H3. The van der Waals surface area contributed by atoms with E-state index in [2.05, 4.69) is 15.3 Å². The number of aromatic nitrogens is 2. The van der Waals surface area contributed by atoms with Crippen molar-refractivity contribution in [1.82, 2.24) is 15.3 Å². The Morgan fingerprint density at radius 1 is 1.11 bits per heavy atom. The minimum Gasteiger partial charge on any atom is -0.478 e. The molecule has 0 unspecified atom stereocenters. The molecule has 0 bridgehead atoms. The van der Waals surface area contributed by atoms with Crippen LogP contribution in [0.5, 0.6) is 17.5 Å². The normalized spacial score (nSPS) is 10.2. The second-order valence-electron chi connectivity index (χ2n) is 3.90. The van der Waals surface area contributed by atoms with Crippen molar-refractivity contribution >= 4 is 0 Å². The fourth-order valence-electron chi connectivity index (χ4n) is 1.61. The van der Waals surface area contributed by atoms with Gasteiger partial charge in [-0.2, -0.15) is 0 Å². The van der Waals surface area contributed by atoms with Crippen LogP contribution in [0.25, 0.3) is 0 Å². The highest BCUT2D eigenvalue weighted by Gasteiger charge is 2.02. The summed E-state index contributed by atoms with van der Waals surface area (Å²) in [4.78, 5) is 8.04. The molecule has 5 nitrogen and oxygen atoms in total. The van der Waals surface area contributed by atoms with Crippen LogP contribution in [0, 0.1) is 0 Å². The molecule has 100 valence electrons. The van der Waals surface area contributed by atoms with E-state index >= 15 is 0 Å². The van der Waals surface area contributed by atoms with Crippen LogP contribution >= 0.6 is 0 Å². The topological polar surface area (TPSA) is 56.3 Å². The molecule has 0 aliphatic carbocycles. The highest BCUT2D eigenvalue weighted by atomic mass is 16.5. The summed E-state index contributed by atoms with van der Waals surface area (Å²) >= 11 is 0. The zero-order valence-corrected chi connectivity index (χ0v) is 11.1. The molecule has 1 N–H and O–H groups in total. The minimum absolute atomic E-state index is 0.472. The van der Waals surface area contributed by atoms with Crippen LogP contribution in [0.3, 0.4) is 0 Å². The lowest BCUT2D eigenvalue weighted by Crippen LogP contribution is -2.04. The van der Waals surface area contributed by atoms with E-state index in [1.165, 1.54) is 11.9 Å². The predicted octanol–water partition coefficient (Wildman–Crippen LogP) is 2.39. The molecule has 0 aliphatic heterocycles. The van der Waals surface area contributed by atoms with Crippen LogP contribution in [-0.2, 0) is 6.54 Å². The number of benzene rings is 1. The first-order valence-electron chi connectivity index (χ1n) is 6.18. The summed E-state index contributed by atoms with van der Waals surface area (Å²) in [5.41, 5.74) is 1.20. The van der Waals surface area contributed by atoms with Gasteiger partial charge in [-0.15, -0.1) is 0 Å². The lowest BCUT2D eigenvalue weighted by molar-refractivity contribution is 0.322. The second kappa shape index (κ2) is 6.70. The Morgan fingerprint density at radius 3 is 2.53 bits per heavy atom. The van der Waals surface area contributed by atoms with Crippen molar-refractivity contribution in [1.29, 1.82) is 0 Å². The highest BCUT2D eigenvalue weighted by molar-refractivity contribution is 5.31. The van der Waals surface area contributed by atoms with Crippen molar-refractivity contribution in [3.05, 3.63) is 42.2 Å². The lowest BCUT2D eigenvalue weighted by Gasteiger charge is -2.07. The molecule has 0 saturated carbocycles. The van der Waals surface area contributed by atoms with Gasteiger partial charge in [0.25, 0.3) is 0 Å². The van der Waals surface area contributed by atoms with Crippen LogP contribution in [0.15, 0.2) is 36.7 Å². The van der Waals surface area contributed by atoms with Crippen molar-refractivity contribution in [2.75, 3.05) is 13.7 Å². The predicted molar refractivity (Wildman–Crippen MR) is 72.5 cm³/mol. The Kier molecular flexibility index (Phi) is 4.69.